The van der Waals surface area contributed by atoms with Crippen LogP contribution >= 0.6 is 0 Å². The van der Waals surface area contributed by atoms with Crippen LogP contribution < -0.4 is 21.1 Å². The number of anilines is 3. The maximum Gasteiger partial charge on any atom is 0.317 e. The normalized spacial score (nSPS) is 10.4. The number of benzene rings is 2. The zero-order valence-electron chi connectivity index (χ0n) is 18.9. The van der Waals surface area contributed by atoms with Crippen LogP contribution in [0.15, 0.2) is 79.0 Å². The number of pyridine rings is 1. The summed E-state index contributed by atoms with van der Waals surface area (Å²) in [5, 5.41) is 6.03. The van der Waals surface area contributed by atoms with Gasteiger partial charge < -0.3 is 26.0 Å². The van der Waals surface area contributed by atoms with Gasteiger partial charge in [0.2, 0.25) is 5.95 Å². The van der Waals surface area contributed by atoms with E-state index in [0.29, 0.717) is 29.6 Å². The first-order valence-corrected chi connectivity index (χ1v) is 10.6. The third kappa shape index (κ3) is 5.98. The molecule has 2 amide bonds. The first-order chi connectivity index (χ1) is 16.5. The highest BCUT2D eigenvalue weighted by Crippen LogP contribution is 2.26. The molecule has 0 aliphatic heterocycles. The second kappa shape index (κ2) is 10.3. The van der Waals surface area contributed by atoms with E-state index in [2.05, 4.69) is 25.6 Å². The largest absolute Gasteiger partial charge is 0.457 e. The fraction of sp³-hybridized carbons (Fsp3) is 0.120. The van der Waals surface area contributed by atoms with Gasteiger partial charge in [-0.3, -0.25) is 4.98 Å². The molecule has 2 aromatic heterocycles. The van der Waals surface area contributed by atoms with Crippen LogP contribution in [0.4, 0.5) is 22.2 Å². The zero-order chi connectivity index (χ0) is 23.9. The Kier molecular flexibility index (Phi) is 6.83. The SMILES string of the molecule is CN(C)C(=O)NCc1cc(Oc2ccc(Nc3cc(-c4ccccc4)nc(N)n3)cc2)ccn1. The van der Waals surface area contributed by atoms with Gasteiger partial charge in [-0.15, -0.1) is 0 Å². The predicted octanol–water partition coefficient (Wildman–Crippen LogP) is 4.43. The summed E-state index contributed by atoms with van der Waals surface area (Å²) in [5.41, 5.74) is 9.13. The molecule has 2 heterocycles. The molecule has 0 aliphatic carbocycles. The number of amides is 2. The molecule has 0 bridgehead atoms. The monoisotopic (exact) mass is 455 g/mol. The molecule has 0 radical (unpaired) electrons. The van der Waals surface area contributed by atoms with Gasteiger partial charge in [0, 0.05) is 43.7 Å². The molecule has 34 heavy (non-hydrogen) atoms. The summed E-state index contributed by atoms with van der Waals surface area (Å²) in [7, 11) is 3.37. The van der Waals surface area contributed by atoms with Crippen molar-refractivity contribution in [2.45, 2.75) is 6.54 Å². The predicted molar refractivity (Wildman–Crippen MR) is 132 cm³/mol. The van der Waals surface area contributed by atoms with Gasteiger partial charge >= 0.3 is 6.03 Å². The van der Waals surface area contributed by atoms with Crippen molar-refractivity contribution in [2.75, 3.05) is 25.1 Å². The van der Waals surface area contributed by atoms with Gasteiger partial charge in [0.25, 0.3) is 0 Å². The van der Waals surface area contributed by atoms with Gasteiger partial charge in [0.05, 0.1) is 17.9 Å². The average Bonchev–Trinajstić information content (AvgIpc) is 2.84. The number of carbonyl (C=O) groups excluding carboxylic acids is 1. The first-order valence-electron chi connectivity index (χ1n) is 10.6. The smallest absolute Gasteiger partial charge is 0.317 e. The molecule has 0 saturated heterocycles. The van der Waals surface area contributed by atoms with E-state index in [-0.39, 0.29) is 12.0 Å². The van der Waals surface area contributed by atoms with Crippen molar-refractivity contribution in [1.29, 1.82) is 0 Å². The molecule has 4 rings (SSSR count). The van der Waals surface area contributed by atoms with Gasteiger partial charge in [0.1, 0.15) is 17.3 Å². The molecule has 0 unspecified atom stereocenters. The molecule has 172 valence electrons. The molecule has 9 nitrogen and oxygen atoms in total. The number of urea groups is 1. The van der Waals surface area contributed by atoms with Crippen LogP contribution in [0, 0.1) is 0 Å². The van der Waals surface area contributed by atoms with Crippen LogP contribution in [-0.2, 0) is 6.54 Å². The number of nitrogens with one attached hydrogen (secondary N) is 2. The lowest BCUT2D eigenvalue weighted by Crippen LogP contribution is -2.34. The second-order valence-electron chi connectivity index (χ2n) is 7.65. The topological polar surface area (TPSA) is 118 Å². The maximum atomic E-state index is 11.7. The van der Waals surface area contributed by atoms with Gasteiger partial charge in [-0.2, -0.15) is 4.98 Å². The summed E-state index contributed by atoms with van der Waals surface area (Å²) in [6, 6.07) is 22.5. The fourth-order valence-corrected chi connectivity index (χ4v) is 3.12. The van der Waals surface area contributed by atoms with Gasteiger partial charge in [-0.1, -0.05) is 30.3 Å². The molecule has 0 saturated carbocycles. The number of nitrogens with zero attached hydrogens (tertiary/aromatic N) is 4. The van der Waals surface area contributed by atoms with Crippen LogP contribution in [0.2, 0.25) is 0 Å². The van der Waals surface area contributed by atoms with Crippen LogP contribution in [0.3, 0.4) is 0 Å². The van der Waals surface area contributed by atoms with Crippen molar-refractivity contribution in [3.63, 3.8) is 0 Å². The van der Waals surface area contributed by atoms with Crippen LogP contribution in [0.5, 0.6) is 11.5 Å². The summed E-state index contributed by atoms with van der Waals surface area (Å²) in [5.74, 6) is 2.07. The van der Waals surface area contributed by atoms with E-state index < -0.39 is 0 Å². The lowest BCUT2D eigenvalue weighted by Gasteiger charge is -2.12. The highest BCUT2D eigenvalue weighted by molar-refractivity contribution is 5.73. The second-order valence-corrected chi connectivity index (χ2v) is 7.65. The van der Waals surface area contributed by atoms with E-state index in [1.165, 1.54) is 4.90 Å². The van der Waals surface area contributed by atoms with Gasteiger partial charge in [0.15, 0.2) is 0 Å². The molecule has 4 N–H and O–H groups in total. The average molecular weight is 456 g/mol. The van der Waals surface area contributed by atoms with Crippen molar-refractivity contribution in [3.8, 4) is 22.8 Å². The van der Waals surface area contributed by atoms with E-state index in [0.717, 1.165) is 16.9 Å². The highest BCUT2D eigenvalue weighted by Gasteiger charge is 2.07. The summed E-state index contributed by atoms with van der Waals surface area (Å²) in [4.78, 5) is 26.0. The third-order valence-corrected chi connectivity index (χ3v) is 4.79. The Balaban J connectivity index is 1.41. The van der Waals surface area contributed by atoms with E-state index in [1.54, 1.807) is 32.4 Å². The minimum atomic E-state index is -0.183. The lowest BCUT2D eigenvalue weighted by molar-refractivity contribution is 0.217. The van der Waals surface area contributed by atoms with E-state index in [1.807, 2.05) is 60.7 Å². The molecule has 9 heteroatoms. The molecule has 4 aromatic rings. The Hall–Kier alpha value is -4.66. The van der Waals surface area contributed by atoms with E-state index in [4.69, 9.17) is 10.5 Å². The number of rotatable bonds is 7. The number of aromatic nitrogens is 3. The number of ether oxygens (including phenoxy) is 1. The Morgan fingerprint density at radius 3 is 2.47 bits per heavy atom. The third-order valence-electron chi connectivity index (χ3n) is 4.79. The zero-order valence-corrected chi connectivity index (χ0v) is 18.9. The lowest BCUT2D eigenvalue weighted by atomic mass is 10.1. The molecular formula is C25H25N7O2. The summed E-state index contributed by atoms with van der Waals surface area (Å²) in [6.45, 7) is 0.310. The Bertz CT molecular complexity index is 1260. The molecule has 0 spiro atoms. The van der Waals surface area contributed by atoms with Crippen LogP contribution in [0.25, 0.3) is 11.3 Å². The van der Waals surface area contributed by atoms with Crippen LogP contribution in [-0.4, -0.2) is 40.0 Å². The number of nitrogen functional groups attached to an aromatic ring is 1. The van der Waals surface area contributed by atoms with Crippen molar-refractivity contribution >= 4 is 23.5 Å². The molecule has 0 atom stereocenters. The van der Waals surface area contributed by atoms with Crippen molar-refractivity contribution < 1.29 is 9.53 Å². The molecule has 0 aliphatic rings. The Morgan fingerprint density at radius 1 is 0.971 bits per heavy atom. The number of hydrogen-bond donors (Lipinski definition) is 3. The number of nitrogens with two attached hydrogens (primary N) is 1. The minimum Gasteiger partial charge on any atom is -0.457 e. The number of carbonyl (C=O) groups is 1. The first kappa shape index (κ1) is 22.5. The summed E-state index contributed by atoms with van der Waals surface area (Å²) >= 11 is 0. The quantitative estimate of drug-likeness (QED) is 0.377. The fourth-order valence-electron chi connectivity index (χ4n) is 3.12. The van der Waals surface area contributed by atoms with Crippen molar-refractivity contribution in [2.24, 2.45) is 0 Å². The minimum absolute atomic E-state index is 0.183. The maximum absolute atomic E-state index is 11.7. The van der Waals surface area contributed by atoms with Gasteiger partial charge in [-0.05, 0) is 30.3 Å². The molecular weight excluding hydrogens is 430 g/mol. The molecule has 0 fully saturated rings. The van der Waals surface area contributed by atoms with Gasteiger partial charge in [-0.25, -0.2) is 9.78 Å². The van der Waals surface area contributed by atoms with E-state index >= 15 is 0 Å². The van der Waals surface area contributed by atoms with Crippen molar-refractivity contribution in [3.05, 3.63) is 84.7 Å². The molecule has 2 aromatic carbocycles. The Labute approximate surface area is 197 Å². The van der Waals surface area contributed by atoms with Crippen molar-refractivity contribution in [1.82, 2.24) is 25.2 Å². The van der Waals surface area contributed by atoms with E-state index in [9.17, 15) is 4.79 Å². The standard InChI is InChI=1S/C25H25N7O2/c1-32(2)25(33)28-16-19-14-21(12-13-27-19)34-20-10-8-18(9-11-20)29-23-15-22(30-24(26)31-23)17-6-4-3-5-7-17/h3-15H,16H2,1-2H3,(H,28,33)(H3,26,29,30,31). The number of hydrogen-bond acceptors (Lipinski definition) is 7. The highest BCUT2D eigenvalue weighted by atomic mass is 16.5. The summed E-state index contributed by atoms with van der Waals surface area (Å²) < 4.78 is 5.94. The Morgan fingerprint density at radius 2 is 1.74 bits per heavy atom. The summed E-state index contributed by atoms with van der Waals surface area (Å²) in [6.07, 6.45) is 1.65. The van der Waals surface area contributed by atoms with Crippen LogP contribution in [0.1, 0.15) is 5.69 Å².